The van der Waals surface area contributed by atoms with Gasteiger partial charge in [0.25, 0.3) is 0 Å². The number of nitrogens with zero attached hydrogens (tertiary/aromatic N) is 1. The molecule has 0 aliphatic rings. The van der Waals surface area contributed by atoms with Crippen LogP contribution in [0.1, 0.15) is 75.8 Å². The summed E-state index contributed by atoms with van der Waals surface area (Å²) in [6, 6.07) is 21.8. The molecule has 0 aliphatic heterocycles. The monoisotopic (exact) mass is 377 g/mol. The number of rotatable bonds is 15. The minimum Gasteiger partial charge on any atom is -0.295 e. The van der Waals surface area contributed by atoms with Crippen LogP contribution in [0.4, 0.5) is 0 Å². The van der Waals surface area contributed by atoms with Crippen molar-refractivity contribution >= 4 is 0 Å². The summed E-state index contributed by atoms with van der Waals surface area (Å²) in [7, 11) is 0. The number of hydrogen-bond acceptors (Lipinski definition) is 1. The highest BCUT2D eigenvalue weighted by Crippen LogP contribution is 2.13. The molecule has 0 radical (unpaired) electrons. The van der Waals surface area contributed by atoms with Crippen LogP contribution in [0.25, 0.3) is 0 Å². The second kappa shape index (κ2) is 15.1. The molecule has 0 heterocycles. The Morgan fingerprint density at radius 1 is 0.607 bits per heavy atom. The van der Waals surface area contributed by atoms with Gasteiger partial charge in [-0.2, -0.15) is 0 Å². The molecule has 0 aliphatic carbocycles. The van der Waals surface area contributed by atoms with Gasteiger partial charge >= 0.3 is 0 Å². The van der Waals surface area contributed by atoms with Crippen molar-refractivity contribution in [2.75, 3.05) is 6.54 Å². The summed E-state index contributed by atoms with van der Waals surface area (Å²) in [6.07, 6.45) is 16.7. The predicted octanol–water partition coefficient (Wildman–Crippen LogP) is 7.78. The molecule has 0 unspecified atom stereocenters. The zero-order valence-corrected chi connectivity index (χ0v) is 17.9. The molecule has 2 rings (SSSR count). The third-order valence-corrected chi connectivity index (χ3v) is 5.25. The van der Waals surface area contributed by atoms with E-state index in [-0.39, 0.29) is 0 Å². The van der Waals surface area contributed by atoms with Gasteiger partial charge in [-0.05, 0) is 43.4 Å². The van der Waals surface area contributed by atoms with E-state index in [2.05, 4.69) is 84.6 Å². The molecule has 0 N–H and O–H groups in total. The van der Waals surface area contributed by atoms with Crippen molar-refractivity contribution in [1.82, 2.24) is 4.90 Å². The fraction of sp³-hybridized carbons (Fsp3) is 0.481. The SMILES string of the molecule is CC/C=C/CCCCCCCCCN(Cc1ccccc1)Cc1ccccc1. The smallest absolute Gasteiger partial charge is 0.0237 e. The lowest BCUT2D eigenvalue weighted by atomic mass is 10.1. The van der Waals surface area contributed by atoms with Gasteiger partial charge in [0, 0.05) is 13.1 Å². The van der Waals surface area contributed by atoms with E-state index in [0.29, 0.717) is 0 Å². The Morgan fingerprint density at radius 2 is 1.11 bits per heavy atom. The Hall–Kier alpha value is -1.86. The summed E-state index contributed by atoms with van der Waals surface area (Å²) in [5, 5.41) is 0. The summed E-state index contributed by atoms with van der Waals surface area (Å²) in [5.74, 6) is 0. The van der Waals surface area contributed by atoms with Crippen LogP contribution in [0.3, 0.4) is 0 Å². The zero-order valence-electron chi connectivity index (χ0n) is 17.9. The average molecular weight is 378 g/mol. The highest BCUT2D eigenvalue weighted by molar-refractivity contribution is 5.17. The maximum atomic E-state index is 2.60. The third-order valence-electron chi connectivity index (χ3n) is 5.25. The Morgan fingerprint density at radius 3 is 1.64 bits per heavy atom. The van der Waals surface area contributed by atoms with Crippen molar-refractivity contribution in [3.8, 4) is 0 Å². The zero-order chi connectivity index (χ0) is 19.7. The van der Waals surface area contributed by atoms with Crippen LogP contribution in [-0.2, 0) is 13.1 Å². The van der Waals surface area contributed by atoms with Gasteiger partial charge in [0.2, 0.25) is 0 Å². The normalized spacial score (nSPS) is 11.5. The van der Waals surface area contributed by atoms with Crippen LogP contribution >= 0.6 is 0 Å². The van der Waals surface area contributed by atoms with Crippen molar-refractivity contribution < 1.29 is 0 Å². The van der Waals surface area contributed by atoms with Gasteiger partial charge in [0.1, 0.15) is 0 Å². The minimum absolute atomic E-state index is 1.04. The summed E-state index contributed by atoms with van der Waals surface area (Å²) in [5.41, 5.74) is 2.83. The molecule has 0 bridgehead atoms. The van der Waals surface area contributed by atoms with Crippen molar-refractivity contribution in [3.05, 3.63) is 83.9 Å². The topological polar surface area (TPSA) is 3.24 Å². The molecule has 2 aromatic rings. The van der Waals surface area contributed by atoms with Crippen molar-refractivity contribution in [1.29, 1.82) is 0 Å². The van der Waals surface area contributed by atoms with Crippen LogP contribution in [0.5, 0.6) is 0 Å². The minimum atomic E-state index is 1.04. The molecule has 0 fully saturated rings. The van der Waals surface area contributed by atoms with Crippen molar-refractivity contribution in [3.63, 3.8) is 0 Å². The van der Waals surface area contributed by atoms with Crippen LogP contribution in [-0.4, -0.2) is 11.4 Å². The Labute approximate surface area is 173 Å². The van der Waals surface area contributed by atoms with E-state index in [1.807, 2.05) is 0 Å². The molecule has 0 aromatic heterocycles. The first kappa shape index (κ1) is 22.4. The molecule has 152 valence electrons. The lowest BCUT2D eigenvalue weighted by molar-refractivity contribution is 0.250. The number of allylic oxidation sites excluding steroid dienone is 2. The fourth-order valence-electron chi connectivity index (χ4n) is 3.66. The molecule has 28 heavy (non-hydrogen) atoms. The first-order valence-corrected chi connectivity index (χ1v) is 11.3. The van der Waals surface area contributed by atoms with Gasteiger partial charge in [0.05, 0.1) is 0 Å². The van der Waals surface area contributed by atoms with Crippen molar-refractivity contribution in [2.45, 2.75) is 77.8 Å². The average Bonchev–Trinajstić information content (AvgIpc) is 2.73. The molecule has 2 aromatic carbocycles. The van der Waals surface area contributed by atoms with Gasteiger partial charge in [-0.15, -0.1) is 0 Å². The van der Waals surface area contributed by atoms with Gasteiger partial charge in [-0.25, -0.2) is 0 Å². The Kier molecular flexibility index (Phi) is 12.1. The molecular weight excluding hydrogens is 338 g/mol. The maximum absolute atomic E-state index is 2.60. The summed E-state index contributed by atoms with van der Waals surface area (Å²) in [4.78, 5) is 2.60. The van der Waals surface area contributed by atoms with Crippen LogP contribution in [0.15, 0.2) is 72.8 Å². The highest BCUT2D eigenvalue weighted by Gasteiger charge is 2.07. The fourth-order valence-corrected chi connectivity index (χ4v) is 3.66. The molecular formula is C27H39N. The maximum Gasteiger partial charge on any atom is 0.0237 e. The molecule has 0 spiro atoms. The third kappa shape index (κ3) is 10.5. The van der Waals surface area contributed by atoms with Gasteiger partial charge in [-0.3, -0.25) is 4.90 Å². The summed E-state index contributed by atoms with van der Waals surface area (Å²) < 4.78 is 0. The first-order valence-electron chi connectivity index (χ1n) is 11.3. The van der Waals surface area contributed by atoms with Gasteiger partial charge in [-0.1, -0.05) is 112 Å². The van der Waals surface area contributed by atoms with E-state index in [4.69, 9.17) is 0 Å². The lowest BCUT2D eigenvalue weighted by Crippen LogP contribution is -2.24. The number of hydrogen-bond donors (Lipinski definition) is 0. The van der Waals surface area contributed by atoms with Crippen LogP contribution in [0, 0.1) is 0 Å². The van der Waals surface area contributed by atoms with E-state index in [0.717, 1.165) is 13.1 Å². The van der Waals surface area contributed by atoms with Crippen LogP contribution in [0.2, 0.25) is 0 Å². The molecule has 1 heteroatoms. The van der Waals surface area contributed by atoms with Crippen LogP contribution < -0.4 is 0 Å². The summed E-state index contributed by atoms with van der Waals surface area (Å²) >= 11 is 0. The molecule has 0 saturated carbocycles. The van der Waals surface area contributed by atoms with E-state index in [1.165, 1.54) is 75.5 Å². The van der Waals surface area contributed by atoms with E-state index >= 15 is 0 Å². The van der Waals surface area contributed by atoms with E-state index in [9.17, 15) is 0 Å². The largest absolute Gasteiger partial charge is 0.295 e. The summed E-state index contributed by atoms with van der Waals surface area (Å²) in [6.45, 7) is 5.48. The van der Waals surface area contributed by atoms with E-state index in [1.54, 1.807) is 0 Å². The molecule has 0 amide bonds. The predicted molar refractivity (Wildman–Crippen MR) is 123 cm³/mol. The number of unbranched alkanes of at least 4 members (excludes halogenated alkanes) is 7. The Bertz CT molecular complexity index is 576. The standard InChI is InChI=1S/C27H39N/c1-2-3-4-5-6-7-8-9-10-11-18-23-28(24-26-19-14-12-15-20-26)25-27-21-16-13-17-22-27/h3-4,12-17,19-22H,2,5-11,18,23-25H2,1H3/b4-3+. The van der Waals surface area contributed by atoms with Crippen molar-refractivity contribution in [2.24, 2.45) is 0 Å². The second-order valence-corrected chi connectivity index (χ2v) is 7.83. The van der Waals surface area contributed by atoms with Gasteiger partial charge in [0.15, 0.2) is 0 Å². The molecule has 0 saturated heterocycles. The lowest BCUT2D eigenvalue weighted by Gasteiger charge is -2.22. The first-order chi connectivity index (χ1) is 13.9. The Balaban J connectivity index is 1.64. The second-order valence-electron chi connectivity index (χ2n) is 7.83. The molecule has 0 atom stereocenters. The van der Waals surface area contributed by atoms with E-state index < -0.39 is 0 Å². The quantitative estimate of drug-likeness (QED) is 0.226. The highest BCUT2D eigenvalue weighted by atomic mass is 15.1. The molecule has 1 nitrogen and oxygen atoms in total. The number of benzene rings is 2. The van der Waals surface area contributed by atoms with Gasteiger partial charge < -0.3 is 0 Å².